The Morgan fingerprint density at radius 3 is 2.07 bits per heavy atom. The van der Waals surface area contributed by atoms with Crippen molar-refractivity contribution in [2.24, 2.45) is 0 Å². The Morgan fingerprint density at radius 2 is 1.49 bits per heavy atom. The minimum Gasteiger partial charge on any atom is -0.550 e. The third-order valence-electron chi connectivity index (χ3n) is 6.92. The van der Waals surface area contributed by atoms with Crippen LogP contribution >= 0.6 is 0 Å². The highest BCUT2D eigenvalue weighted by atomic mass is 19.1. The topological polar surface area (TPSA) is 115 Å². The highest BCUT2D eigenvalue weighted by molar-refractivity contribution is 6.12. The number of nitrogens with one attached hydrogen (secondary N) is 1. The van der Waals surface area contributed by atoms with Crippen molar-refractivity contribution in [2.75, 3.05) is 5.32 Å². The van der Waals surface area contributed by atoms with Crippen LogP contribution in [0, 0.1) is 5.82 Å². The highest BCUT2D eigenvalue weighted by Crippen LogP contribution is 2.42. The van der Waals surface area contributed by atoms with Crippen molar-refractivity contribution in [3.63, 3.8) is 0 Å². The number of carbonyl (C=O) groups excluding carboxylic acids is 2. The van der Waals surface area contributed by atoms with Crippen LogP contribution in [-0.4, -0.2) is 38.9 Å². The maximum atomic E-state index is 14.0. The van der Waals surface area contributed by atoms with Gasteiger partial charge in [-0.2, -0.15) is 0 Å². The van der Waals surface area contributed by atoms with Crippen molar-refractivity contribution in [1.29, 1.82) is 0 Å². The molecule has 0 aliphatic carbocycles. The summed E-state index contributed by atoms with van der Waals surface area (Å²) in [4.78, 5) is 24.9. The molecule has 8 heteroatoms. The van der Waals surface area contributed by atoms with E-state index in [1.807, 2.05) is 66.9 Å². The first kappa shape index (κ1) is 29.7. The zero-order chi connectivity index (χ0) is 29.5. The molecule has 0 aliphatic rings. The monoisotopic (exact) mass is 557 g/mol. The molecule has 41 heavy (non-hydrogen) atoms. The number of aliphatic hydroxyl groups excluding tert-OH is 2. The van der Waals surface area contributed by atoms with Crippen molar-refractivity contribution >= 4 is 17.6 Å². The number of aliphatic carboxylic acids is 1. The van der Waals surface area contributed by atoms with Gasteiger partial charge in [0.05, 0.1) is 23.5 Å². The van der Waals surface area contributed by atoms with Gasteiger partial charge in [0.1, 0.15) is 5.82 Å². The average molecular weight is 558 g/mol. The van der Waals surface area contributed by atoms with Crippen LogP contribution in [-0.2, 0) is 11.3 Å². The zero-order valence-corrected chi connectivity index (χ0v) is 23.1. The second-order valence-electron chi connectivity index (χ2n) is 10.4. The number of amides is 1. The van der Waals surface area contributed by atoms with Crippen LogP contribution in [0.15, 0.2) is 84.9 Å². The Labute approximate surface area is 238 Å². The average Bonchev–Trinajstić information content (AvgIpc) is 3.28. The molecule has 0 spiro atoms. The van der Waals surface area contributed by atoms with Crippen molar-refractivity contribution < 1.29 is 29.3 Å². The molecular weight excluding hydrogens is 523 g/mol. The lowest BCUT2D eigenvalue weighted by Gasteiger charge is -2.20. The van der Waals surface area contributed by atoms with Crippen molar-refractivity contribution in [3.05, 3.63) is 102 Å². The van der Waals surface area contributed by atoms with E-state index >= 15 is 0 Å². The number of rotatable bonds is 12. The number of hydrogen-bond donors (Lipinski definition) is 3. The van der Waals surface area contributed by atoms with Gasteiger partial charge in [-0.15, -0.1) is 0 Å². The zero-order valence-electron chi connectivity index (χ0n) is 23.1. The van der Waals surface area contributed by atoms with E-state index in [9.17, 15) is 29.3 Å². The van der Waals surface area contributed by atoms with E-state index in [2.05, 4.69) is 5.32 Å². The van der Waals surface area contributed by atoms with E-state index in [0.717, 1.165) is 11.3 Å². The lowest BCUT2D eigenvalue weighted by molar-refractivity contribution is -0.307. The first-order valence-electron chi connectivity index (χ1n) is 13.7. The van der Waals surface area contributed by atoms with Gasteiger partial charge in [-0.25, -0.2) is 4.39 Å². The number of aromatic nitrogens is 1. The SMILES string of the molecule is CC(C)c1c(C(=O)Nc2ccccc2)c(-c2ccccc2)c(-c2ccc(F)cc2)n1CC[C@H](O)C[C@@H](O)CC(=O)[O-]. The number of para-hydroxylation sites is 1. The number of halogens is 1. The Morgan fingerprint density at radius 1 is 0.878 bits per heavy atom. The lowest BCUT2D eigenvalue weighted by Crippen LogP contribution is -2.29. The first-order chi connectivity index (χ1) is 19.7. The fourth-order valence-corrected chi connectivity index (χ4v) is 5.19. The first-order valence-corrected chi connectivity index (χ1v) is 13.7. The molecule has 4 aromatic rings. The predicted molar refractivity (Wildman–Crippen MR) is 155 cm³/mol. The van der Waals surface area contributed by atoms with Gasteiger partial charge in [0.25, 0.3) is 5.91 Å². The van der Waals surface area contributed by atoms with E-state index < -0.39 is 30.4 Å². The summed E-state index contributed by atoms with van der Waals surface area (Å²) in [5.41, 5.74) is 4.72. The van der Waals surface area contributed by atoms with Crippen molar-refractivity contribution in [2.45, 2.75) is 57.8 Å². The molecule has 3 N–H and O–H groups in total. The second kappa shape index (κ2) is 13.4. The molecule has 1 amide bonds. The van der Waals surface area contributed by atoms with Crippen molar-refractivity contribution in [1.82, 2.24) is 4.57 Å². The molecule has 1 aromatic heterocycles. The Hall–Kier alpha value is -4.27. The summed E-state index contributed by atoms with van der Waals surface area (Å²) in [6.45, 7) is 4.22. The van der Waals surface area contributed by atoms with Crippen LogP contribution in [0.1, 0.15) is 55.1 Å². The molecule has 7 nitrogen and oxygen atoms in total. The number of nitrogens with zero attached hydrogens (tertiary/aromatic N) is 1. The largest absolute Gasteiger partial charge is 0.550 e. The van der Waals surface area contributed by atoms with Crippen LogP contribution in [0.4, 0.5) is 10.1 Å². The summed E-state index contributed by atoms with van der Waals surface area (Å²) < 4.78 is 16.0. The molecule has 0 fully saturated rings. The third-order valence-corrected chi connectivity index (χ3v) is 6.92. The maximum absolute atomic E-state index is 14.0. The quantitative estimate of drug-likeness (QED) is 0.227. The summed E-state index contributed by atoms with van der Waals surface area (Å²) in [5.74, 6) is -2.20. The Bertz CT molecular complexity index is 1470. The molecule has 0 saturated heterocycles. The Kier molecular flexibility index (Phi) is 9.70. The molecule has 0 aliphatic heterocycles. The molecule has 214 valence electrons. The molecule has 4 rings (SSSR count). The molecule has 0 bridgehead atoms. The number of carbonyl (C=O) groups is 2. The molecule has 2 atom stereocenters. The van der Waals surface area contributed by atoms with Gasteiger partial charge in [-0.05, 0) is 66.3 Å². The maximum Gasteiger partial charge on any atom is 0.258 e. The van der Waals surface area contributed by atoms with Crippen LogP contribution in [0.3, 0.4) is 0 Å². The second-order valence-corrected chi connectivity index (χ2v) is 10.4. The number of carboxylic acids is 1. The van der Waals surface area contributed by atoms with Crippen molar-refractivity contribution in [3.8, 4) is 22.4 Å². The van der Waals surface area contributed by atoms with E-state index in [4.69, 9.17) is 0 Å². The number of benzene rings is 3. The minimum absolute atomic E-state index is 0.121. The molecule has 3 aromatic carbocycles. The molecular formula is C33H34FN2O5-. The summed E-state index contributed by atoms with van der Waals surface area (Å²) in [7, 11) is 0. The molecule has 1 heterocycles. The molecule has 0 unspecified atom stereocenters. The number of hydrogen-bond acceptors (Lipinski definition) is 5. The summed E-state index contributed by atoms with van der Waals surface area (Å²) >= 11 is 0. The van der Waals surface area contributed by atoms with Gasteiger partial charge in [0, 0.05) is 35.9 Å². The normalized spacial score (nSPS) is 12.7. The van der Waals surface area contributed by atoms with Gasteiger partial charge >= 0.3 is 0 Å². The van der Waals surface area contributed by atoms with E-state index in [-0.39, 0.29) is 31.2 Å². The van der Waals surface area contributed by atoms with Crippen LogP contribution in [0.5, 0.6) is 0 Å². The van der Waals surface area contributed by atoms with Gasteiger partial charge in [-0.1, -0.05) is 62.4 Å². The van der Waals surface area contributed by atoms with Gasteiger partial charge in [-0.3, -0.25) is 4.79 Å². The molecule has 0 saturated carbocycles. The summed E-state index contributed by atoms with van der Waals surface area (Å²) in [5, 5.41) is 34.6. The highest BCUT2D eigenvalue weighted by Gasteiger charge is 2.30. The minimum atomic E-state index is -1.39. The fourth-order valence-electron chi connectivity index (χ4n) is 5.19. The van der Waals surface area contributed by atoms with E-state index in [0.29, 0.717) is 28.1 Å². The third kappa shape index (κ3) is 7.28. The smallest absolute Gasteiger partial charge is 0.258 e. The summed E-state index contributed by atoms with van der Waals surface area (Å²) in [6, 6.07) is 24.7. The van der Waals surface area contributed by atoms with Gasteiger partial charge in [0.2, 0.25) is 0 Å². The van der Waals surface area contributed by atoms with Gasteiger partial charge in [0.15, 0.2) is 0 Å². The number of aliphatic hydroxyl groups is 2. The van der Waals surface area contributed by atoms with Gasteiger partial charge < -0.3 is 30.0 Å². The predicted octanol–water partition coefficient (Wildman–Crippen LogP) is 4.98. The number of carboxylic acid groups (broad SMARTS) is 1. The lowest BCUT2D eigenvalue weighted by atomic mass is 9.94. The van der Waals surface area contributed by atoms with Crippen LogP contribution in [0.2, 0.25) is 0 Å². The van der Waals surface area contributed by atoms with Crippen LogP contribution < -0.4 is 10.4 Å². The van der Waals surface area contributed by atoms with E-state index in [1.165, 1.54) is 12.1 Å². The number of anilines is 1. The summed E-state index contributed by atoms with van der Waals surface area (Å²) in [6.07, 6.45) is -2.77. The molecule has 0 radical (unpaired) electrons. The standard InChI is InChI=1S/C33H35FN2O5/c1-21(2)31-30(33(41)35-25-11-7-4-8-12-25)29(22-9-5-3-6-10-22)32(23-13-15-24(34)16-14-23)36(31)18-17-26(37)19-27(38)20-28(39)40/h3-16,21,26-27,37-38H,17-20H2,1-2H3,(H,35,41)(H,39,40)/p-1/t26-,27+/m0/s1. The Balaban J connectivity index is 1.89. The van der Waals surface area contributed by atoms with Crippen LogP contribution in [0.25, 0.3) is 22.4 Å². The van der Waals surface area contributed by atoms with E-state index in [1.54, 1.807) is 24.3 Å². The fraction of sp³-hybridized carbons (Fsp3) is 0.273.